The molecule has 1 fully saturated rings. The number of hydrogen-bond donors (Lipinski definition) is 0. The summed E-state index contributed by atoms with van der Waals surface area (Å²) >= 11 is 0. The van der Waals surface area contributed by atoms with Gasteiger partial charge in [0.1, 0.15) is 11.6 Å². The van der Waals surface area contributed by atoms with E-state index < -0.39 is 21.7 Å². The maximum absolute atomic E-state index is 13.5. The zero-order valence-corrected chi connectivity index (χ0v) is 18.6. The van der Waals surface area contributed by atoms with Gasteiger partial charge in [-0.2, -0.15) is 4.31 Å². The van der Waals surface area contributed by atoms with Crippen LogP contribution in [0.4, 0.5) is 8.78 Å². The first-order valence-corrected chi connectivity index (χ1v) is 11.8. The standard InChI is InChI=1S/C22H26F2N2O5S/c1-2-30-18-6-8-19(9-7-18)32(28,29)26-13-11-25(12-14-26)22(27)4-3-15-31-21-10-5-17(23)16-20(21)24/h5-10,16H,2-4,11-15H2,1H3. The van der Waals surface area contributed by atoms with E-state index in [1.54, 1.807) is 17.0 Å². The van der Waals surface area contributed by atoms with Crippen LogP contribution >= 0.6 is 0 Å². The lowest BCUT2D eigenvalue weighted by Crippen LogP contribution is -2.50. The fourth-order valence-corrected chi connectivity index (χ4v) is 4.78. The molecule has 0 bridgehead atoms. The highest BCUT2D eigenvalue weighted by Gasteiger charge is 2.30. The molecule has 2 aromatic rings. The van der Waals surface area contributed by atoms with E-state index in [0.717, 1.165) is 12.1 Å². The minimum atomic E-state index is -3.64. The Hall–Kier alpha value is -2.72. The Labute approximate surface area is 186 Å². The summed E-state index contributed by atoms with van der Waals surface area (Å²) in [4.78, 5) is 14.2. The molecule has 7 nitrogen and oxygen atoms in total. The van der Waals surface area contributed by atoms with Crippen molar-refractivity contribution in [3.8, 4) is 11.5 Å². The molecule has 174 valence electrons. The lowest BCUT2D eigenvalue weighted by Gasteiger charge is -2.34. The topological polar surface area (TPSA) is 76.2 Å². The van der Waals surface area contributed by atoms with Gasteiger partial charge in [-0.25, -0.2) is 17.2 Å². The van der Waals surface area contributed by atoms with Crippen LogP contribution in [0.5, 0.6) is 11.5 Å². The number of halogens is 2. The van der Waals surface area contributed by atoms with Crippen LogP contribution in [0, 0.1) is 11.6 Å². The number of carbonyl (C=O) groups excluding carboxylic acids is 1. The van der Waals surface area contributed by atoms with Crippen LogP contribution in [0.3, 0.4) is 0 Å². The monoisotopic (exact) mass is 468 g/mol. The maximum atomic E-state index is 13.5. The molecule has 1 heterocycles. The van der Waals surface area contributed by atoms with Gasteiger partial charge in [-0.05, 0) is 49.7 Å². The minimum Gasteiger partial charge on any atom is -0.494 e. The molecule has 0 atom stereocenters. The molecule has 1 saturated heterocycles. The quantitative estimate of drug-likeness (QED) is 0.529. The second-order valence-corrected chi connectivity index (χ2v) is 9.15. The molecule has 1 amide bonds. The van der Waals surface area contributed by atoms with Gasteiger partial charge in [0.2, 0.25) is 15.9 Å². The van der Waals surface area contributed by atoms with Crippen molar-refractivity contribution >= 4 is 15.9 Å². The molecule has 1 aliphatic heterocycles. The molecule has 0 aliphatic carbocycles. The summed E-state index contributed by atoms with van der Waals surface area (Å²) in [5.41, 5.74) is 0. The number of amides is 1. The van der Waals surface area contributed by atoms with Gasteiger partial charge in [0.05, 0.1) is 18.1 Å². The van der Waals surface area contributed by atoms with Crippen LogP contribution < -0.4 is 9.47 Å². The normalized spacial score (nSPS) is 14.9. The number of piperazine rings is 1. The molecule has 0 saturated carbocycles. The van der Waals surface area contributed by atoms with Gasteiger partial charge >= 0.3 is 0 Å². The Balaban J connectivity index is 1.44. The van der Waals surface area contributed by atoms with Crippen LogP contribution in [0.15, 0.2) is 47.4 Å². The lowest BCUT2D eigenvalue weighted by atomic mass is 10.2. The molecule has 3 rings (SSSR count). The first-order valence-electron chi connectivity index (χ1n) is 10.4. The van der Waals surface area contributed by atoms with Crippen LogP contribution in [-0.2, 0) is 14.8 Å². The fraction of sp³-hybridized carbons (Fsp3) is 0.409. The third-order valence-corrected chi connectivity index (χ3v) is 6.96. The smallest absolute Gasteiger partial charge is 0.243 e. The second kappa shape index (κ2) is 10.7. The van der Waals surface area contributed by atoms with Gasteiger partial charge in [0, 0.05) is 38.7 Å². The van der Waals surface area contributed by atoms with Gasteiger partial charge in [-0.3, -0.25) is 4.79 Å². The zero-order chi connectivity index (χ0) is 23.1. The summed E-state index contributed by atoms with van der Waals surface area (Å²) in [5, 5.41) is 0. The predicted molar refractivity (Wildman–Crippen MR) is 114 cm³/mol. The van der Waals surface area contributed by atoms with Crippen LogP contribution in [0.25, 0.3) is 0 Å². The van der Waals surface area contributed by atoms with E-state index in [4.69, 9.17) is 9.47 Å². The third-order valence-electron chi connectivity index (χ3n) is 5.05. The molecular weight excluding hydrogens is 442 g/mol. The van der Waals surface area contributed by atoms with Crippen LogP contribution in [0.1, 0.15) is 19.8 Å². The molecule has 10 heteroatoms. The van der Waals surface area contributed by atoms with Crippen molar-refractivity contribution in [2.75, 3.05) is 39.4 Å². The number of rotatable bonds is 9. The summed E-state index contributed by atoms with van der Waals surface area (Å²) in [5.74, 6) is -1.05. The van der Waals surface area contributed by atoms with Gasteiger partial charge in [-0.1, -0.05) is 0 Å². The van der Waals surface area contributed by atoms with Gasteiger partial charge in [0.15, 0.2) is 11.6 Å². The molecule has 0 spiro atoms. The number of benzene rings is 2. The van der Waals surface area contributed by atoms with Crippen molar-refractivity contribution in [2.24, 2.45) is 0 Å². The molecule has 2 aromatic carbocycles. The lowest BCUT2D eigenvalue weighted by molar-refractivity contribution is -0.132. The van der Waals surface area contributed by atoms with Crippen molar-refractivity contribution in [3.05, 3.63) is 54.1 Å². The van der Waals surface area contributed by atoms with E-state index in [1.165, 1.54) is 22.5 Å². The average molecular weight is 469 g/mol. The second-order valence-electron chi connectivity index (χ2n) is 7.22. The molecule has 1 aliphatic rings. The van der Waals surface area contributed by atoms with E-state index >= 15 is 0 Å². The summed E-state index contributed by atoms with van der Waals surface area (Å²) in [7, 11) is -3.64. The van der Waals surface area contributed by atoms with Gasteiger partial charge in [0.25, 0.3) is 0 Å². The summed E-state index contributed by atoms with van der Waals surface area (Å²) in [6, 6.07) is 9.32. The van der Waals surface area contributed by atoms with Crippen LogP contribution in [-0.4, -0.2) is 62.9 Å². The van der Waals surface area contributed by atoms with E-state index in [1.807, 2.05) is 6.92 Å². The van der Waals surface area contributed by atoms with Crippen molar-refractivity contribution in [3.63, 3.8) is 0 Å². The Morgan fingerprint density at radius 1 is 1.00 bits per heavy atom. The number of carbonyl (C=O) groups is 1. The van der Waals surface area contributed by atoms with E-state index in [-0.39, 0.29) is 42.7 Å². The molecule has 32 heavy (non-hydrogen) atoms. The molecule has 0 radical (unpaired) electrons. The third kappa shape index (κ3) is 5.95. The van der Waals surface area contributed by atoms with E-state index in [9.17, 15) is 22.0 Å². The van der Waals surface area contributed by atoms with Crippen molar-refractivity contribution in [1.29, 1.82) is 0 Å². The summed E-state index contributed by atoms with van der Waals surface area (Å²) in [6.45, 7) is 3.46. The number of hydrogen-bond acceptors (Lipinski definition) is 5. The number of ether oxygens (including phenoxy) is 2. The summed E-state index contributed by atoms with van der Waals surface area (Å²) in [6.07, 6.45) is 0.550. The molecular formula is C22H26F2N2O5S. The molecule has 0 aromatic heterocycles. The predicted octanol–water partition coefficient (Wildman–Crippen LogP) is 3.06. The Bertz CT molecular complexity index is 1020. The fourth-order valence-electron chi connectivity index (χ4n) is 3.36. The van der Waals surface area contributed by atoms with E-state index in [2.05, 4.69) is 0 Å². The Kier molecular flexibility index (Phi) is 8.03. The van der Waals surface area contributed by atoms with Crippen molar-refractivity contribution in [2.45, 2.75) is 24.7 Å². The average Bonchev–Trinajstić information content (AvgIpc) is 2.78. The van der Waals surface area contributed by atoms with Crippen molar-refractivity contribution in [1.82, 2.24) is 9.21 Å². The Morgan fingerprint density at radius 2 is 1.69 bits per heavy atom. The highest BCUT2D eigenvalue weighted by Crippen LogP contribution is 2.21. The largest absolute Gasteiger partial charge is 0.494 e. The highest BCUT2D eigenvalue weighted by atomic mass is 32.2. The number of nitrogens with zero attached hydrogens (tertiary/aromatic N) is 2. The maximum Gasteiger partial charge on any atom is 0.243 e. The minimum absolute atomic E-state index is 0.0630. The summed E-state index contributed by atoms with van der Waals surface area (Å²) < 4.78 is 64.1. The van der Waals surface area contributed by atoms with Gasteiger partial charge in [-0.15, -0.1) is 0 Å². The highest BCUT2D eigenvalue weighted by molar-refractivity contribution is 7.89. The first kappa shape index (κ1) is 23.9. The molecule has 0 unspecified atom stereocenters. The van der Waals surface area contributed by atoms with E-state index in [0.29, 0.717) is 31.9 Å². The zero-order valence-electron chi connectivity index (χ0n) is 17.8. The van der Waals surface area contributed by atoms with Gasteiger partial charge < -0.3 is 14.4 Å². The molecule has 0 N–H and O–H groups in total. The Morgan fingerprint density at radius 3 is 2.31 bits per heavy atom. The van der Waals surface area contributed by atoms with Crippen LogP contribution in [0.2, 0.25) is 0 Å². The first-order chi connectivity index (χ1) is 15.3. The van der Waals surface area contributed by atoms with Crippen molar-refractivity contribution < 1.29 is 31.5 Å². The SMILES string of the molecule is CCOc1ccc(S(=O)(=O)N2CCN(C(=O)CCCOc3ccc(F)cc3F)CC2)cc1. The number of sulfonamides is 1.